The van der Waals surface area contributed by atoms with Crippen LogP contribution in [-0.2, 0) is 0 Å². The maximum atomic E-state index is 8.94. The Morgan fingerprint density at radius 1 is 1.29 bits per heavy atom. The summed E-state index contributed by atoms with van der Waals surface area (Å²) in [5.74, 6) is 0.536. The highest BCUT2D eigenvalue weighted by molar-refractivity contribution is 7.20. The number of fused-ring (bicyclic) bond motifs is 1. The minimum Gasteiger partial charge on any atom is -0.491 e. The molecule has 11 heteroatoms. The monoisotopic (exact) mass is 440 g/mol. The van der Waals surface area contributed by atoms with Gasteiger partial charge in [0.2, 0.25) is 5.95 Å². The summed E-state index contributed by atoms with van der Waals surface area (Å²) >= 11 is 13.9. The van der Waals surface area contributed by atoms with Gasteiger partial charge in [0.1, 0.15) is 17.2 Å². The zero-order valence-corrected chi connectivity index (χ0v) is 17.2. The summed E-state index contributed by atoms with van der Waals surface area (Å²) in [6, 6.07) is 5.04. The molecule has 0 radical (unpaired) electrons. The Hall–Kier alpha value is -2.33. The third-order valence-corrected chi connectivity index (χ3v) is 5.49. The van der Waals surface area contributed by atoms with Crippen molar-refractivity contribution in [3.05, 3.63) is 33.1 Å². The predicted molar refractivity (Wildman–Crippen MR) is 114 cm³/mol. The minimum absolute atomic E-state index is 0.0258. The van der Waals surface area contributed by atoms with Gasteiger partial charge < -0.3 is 26.7 Å². The molecule has 3 rings (SSSR count). The molecule has 0 aliphatic carbocycles. The summed E-state index contributed by atoms with van der Waals surface area (Å²) in [6.07, 6.45) is 0. The van der Waals surface area contributed by atoms with Crippen LogP contribution in [0, 0.1) is 0 Å². The van der Waals surface area contributed by atoms with Crippen molar-refractivity contribution < 1.29 is 9.94 Å². The van der Waals surface area contributed by atoms with Crippen molar-refractivity contribution in [2.75, 3.05) is 25.4 Å². The minimum atomic E-state index is -0.0258. The quantitative estimate of drug-likeness (QED) is 0.145. The van der Waals surface area contributed by atoms with E-state index in [4.69, 9.17) is 44.6 Å². The number of likely N-dealkylation sites (N-methyl/N-ethyl adjacent to an activating group) is 1. The van der Waals surface area contributed by atoms with Crippen LogP contribution in [0.25, 0.3) is 21.5 Å². The van der Waals surface area contributed by atoms with E-state index in [0.717, 1.165) is 6.54 Å². The van der Waals surface area contributed by atoms with Gasteiger partial charge in [0.15, 0.2) is 5.84 Å². The first-order valence-electron chi connectivity index (χ1n) is 8.32. The highest BCUT2D eigenvalue weighted by Gasteiger charge is 2.18. The molecule has 0 aliphatic heterocycles. The van der Waals surface area contributed by atoms with Crippen LogP contribution in [0.2, 0.25) is 10.0 Å². The topological polar surface area (TPSA) is 132 Å². The first-order valence-corrected chi connectivity index (χ1v) is 9.89. The number of hydrogen-bond donors (Lipinski definition) is 4. The Balaban J connectivity index is 2.09. The Labute approximate surface area is 175 Å². The summed E-state index contributed by atoms with van der Waals surface area (Å²) in [5.41, 5.74) is 12.7. The molecule has 0 saturated carbocycles. The Kier molecular flexibility index (Phi) is 6.40. The molecule has 6 N–H and O–H groups in total. The summed E-state index contributed by atoms with van der Waals surface area (Å²) in [4.78, 5) is 9.69. The fourth-order valence-corrected chi connectivity index (χ4v) is 4.01. The molecular formula is C17H18Cl2N6O2S. The number of hydrogen-bond acceptors (Lipinski definition) is 8. The first kappa shape index (κ1) is 20.4. The molecule has 2 aromatic heterocycles. The number of nitrogens with zero attached hydrogens (tertiary/aromatic N) is 3. The zero-order valence-electron chi connectivity index (χ0n) is 14.9. The van der Waals surface area contributed by atoms with Gasteiger partial charge in [0.25, 0.3) is 0 Å². The van der Waals surface area contributed by atoms with E-state index in [1.54, 1.807) is 18.2 Å². The molecule has 0 atom stereocenters. The van der Waals surface area contributed by atoms with Crippen LogP contribution >= 0.6 is 34.5 Å². The van der Waals surface area contributed by atoms with Crippen LogP contribution in [-0.4, -0.2) is 40.7 Å². The van der Waals surface area contributed by atoms with Crippen molar-refractivity contribution in [2.45, 2.75) is 6.92 Å². The molecule has 0 fully saturated rings. The number of nitrogens with one attached hydrogen (secondary N) is 1. The van der Waals surface area contributed by atoms with E-state index in [0.29, 0.717) is 55.3 Å². The molecule has 148 valence electrons. The van der Waals surface area contributed by atoms with Crippen molar-refractivity contribution in [3.63, 3.8) is 0 Å². The number of oxime groups is 1. The van der Waals surface area contributed by atoms with E-state index in [-0.39, 0.29) is 11.8 Å². The average molecular weight is 441 g/mol. The van der Waals surface area contributed by atoms with Crippen LogP contribution in [0.3, 0.4) is 0 Å². The summed E-state index contributed by atoms with van der Waals surface area (Å²) < 4.78 is 5.76. The van der Waals surface area contributed by atoms with E-state index in [1.807, 2.05) is 6.92 Å². The second kappa shape index (κ2) is 8.78. The molecule has 1 aromatic carbocycles. The van der Waals surface area contributed by atoms with E-state index in [2.05, 4.69) is 20.4 Å². The Morgan fingerprint density at radius 2 is 2.07 bits per heavy atom. The van der Waals surface area contributed by atoms with E-state index >= 15 is 0 Å². The van der Waals surface area contributed by atoms with Gasteiger partial charge in [0.05, 0.1) is 20.6 Å². The van der Waals surface area contributed by atoms with Crippen molar-refractivity contribution in [3.8, 4) is 17.0 Å². The summed E-state index contributed by atoms with van der Waals surface area (Å²) in [5, 5.41) is 16.6. The number of nitrogens with two attached hydrogens (primary N) is 2. The SMILES string of the molecule is CCNCCOc1cc(-c2nc(N)nc3sc(/C(N)=N/O)cc23)c(Cl)cc1Cl. The zero-order chi connectivity index (χ0) is 20.3. The van der Waals surface area contributed by atoms with Crippen LogP contribution in [0.15, 0.2) is 23.4 Å². The van der Waals surface area contributed by atoms with Gasteiger partial charge >= 0.3 is 0 Å². The summed E-state index contributed by atoms with van der Waals surface area (Å²) in [7, 11) is 0. The first-order chi connectivity index (χ1) is 13.4. The van der Waals surface area contributed by atoms with Gasteiger partial charge in [-0.15, -0.1) is 11.3 Å². The van der Waals surface area contributed by atoms with Crippen molar-refractivity contribution in [1.82, 2.24) is 15.3 Å². The Bertz CT molecular complexity index is 1040. The number of halogens is 2. The highest BCUT2D eigenvalue weighted by Crippen LogP contribution is 2.40. The van der Waals surface area contributed by atoms with Gasteiger partial charge in [0, 0.05) is 17.5 Å². The van der Waals surface area contributed by atoms with Crippen LogP contribution in [0.1, 0.15) is 11.8 Å². The molecule has 0 spiro atoms. The number of benzene rings is 1. The molecule has 0 saturated heterocycles. The van der Waals surface area contributed by atoms with Crippen LogP contribution in [0.4, 0.5) is 5.95 Å². The fraction of sp³-hybridized carbons (Fsp3) is 0.235. The molecule has 3 aromatic rings. The van der Waals surface area contributed by atoms with Crippen molar-refractivity contribution in [1.29, 1.82) is 0 Å². The number of amidine groups is 1. The normalized spacial score (nSPS) is 11.9. The van der Waals surface area contributed by atoms with E-state index < -0.39 is 0 Å². The van der Waals surface area contributed by atoms with E-state index in [9.17, 15) is 0 Å². The standard InChI is InChI=1S/C17H18Cl2N6O2S/c1-2-22-3-4-27-12-5-8(10(18)7-11(12)19)14-9-6-13(15(20)25-26)28-16(9)24-17(21)23-14/h5-7,22,26H,2-4H2,1H3,(H2,20,25)(H2,21,23,24). The smallest absolute Gasteiger partial charge is 0.221 e. The number of rotatable bonds is 7. The number of anilines is 1. The third kappa shape index (κ3) is 4.22. The largest absolute Gasteiger partial charge is 0.491 e. The number of thiophene rings is 1. The highest BCUT2D eigenvalue weighted by atomic mass is 35.5. The lowest BCUT2D eigenvalue weighted by atomic mass is 10.1. The maximum absolute atomic E-state index is 8.94. The number of aromatic nitrogens is 2. The lowest BCUT2D eigenvalue weighted by Crippen LogP contribution is -2.20. The van der Waals surface area contributed by atoms with Gasteiger partial charge in [-0.2, -0.15) is 0 Å². The van der Waals surface area contributed by atoms with Crippen LogP contribution in [0.5, 0.6) is 5.75 Å². The molecule has 28 heavy (non-hydrogen) atoms. The third-order valence-electron chi connectivity index (χ3n) is 3.83. The number of ether oxygens (including phenoxy) is 1. The molecule has 0 bridgehead atoms. The average Bonchev–Trinajstić information content (AvgIpc) is 3.09. The molecule has 8 nitrogen and oxygen atoms in total. The van der Waals surface area contributed by atoms with Gasteiger partial charge in [-0.05, 0) is 24.7 Å². The lowest BCUT2D eigenvalue weighted by molar-refractivity contribution is 0.315. The van der Waals surface area contributed by atoms with Gasteiger partial charge in [-0.1, -0.05) is 35.3 Å². The summed E-state index contributed by atoms with van der Waals surface area (Å²) in [6.45, 7) is 3.99. The van der Waals surface area contributed by atoms with Gasteiger partial charge in [-0.3, -0.25) is 0 Å². The van der Waals surface area contributed by atoms with Crippen molar-refractivity contribution in [2.24, 2.45) is 10.9 Å². The number of nitrogen functional groups attached to an aromatic ring is 1. The second-order valence-electron chi connectivity index (χ2n) is 5.71. The molecule has 0 amide bonds. The predicted octanol–water partition coefficient (Wildman–Crippen LogP) is 3.33. The molecule has 0 unspecified atom stereocenters. The van der Waals surface area contributed by atoms with E-state index in [1.165, 1.54) is 11.3 Å². The van der Waals surface area contributed by atoms with Gasteiger partial charge in [-0.25, -0.2) is 9.97 Å². The molecular weight excluding hydrogens is 423 g/mol. The molecule has 2 heterocycles. The Morgan fingerprint density at radius 3 is 2.79 bits per heavy atom. The van der Waals surface area contributed by atoms with Crippen molar-refractivity contribution >= 4 is 56.5 Å². The lowest BCUT2D eigenvalue weighted by Gasteiger charge is -2.12. The fourth-order valence-electron chi connectivity index (χ4n) is 2.55. The maximum Gasteiger partial charge on any atom is 0.221 e. The second-order valence-corrected chi connectivity index (χ2v) is 7.55. The molecule has 0 aliphatic rings. The van der Waals surface area contributed by atoms with Crippen LogP contribution < -0.4 is 21.5 Å².